The average molecular weight is 363 g/mol. The smallest absolute Gasteiger partial charge is 0.244 e. The minimum atomic E-state index is -0.296. The number of nitrogens with one attached hydrogen (secondary N) is 1. The molecular weight excluding hydrogens is 341 g/mol. The molecule has 1 amide bonds. The van der Waals surface area contributed by atoms with Crippen molar-refractivity contribution in [2.75, 3.05) is 0 Å². The lowest BCUT2D eigenvalue weighted by molar-refractivity contribution is -0.116. The number of rotatable bonds is 6. The van der Waals surface area contributed by atoms with Gasteiger partial charge in [-0.05, 0) is 43.2 Å². The lowest BCUT2D eigenvalue weighted by Crippen LogP contribution is -2.21. The Hall–Kier alpha value is -3.21. The molecule has 3 aromatic rings. The number of benzene rings is 2. The van der Waals surface area contributed by atoms with E-state index in [1.807, 2.05) is 36.7 Å². The number of hydrogen-bond donors (Lipinski definition) is 1. The van der Waals surface area contributed by atoms with E-state index in [0.29, 0.717) is 13.1 Å². The first-order chi connectivity index (χ1) is 13.0. The zero-order chi connectivity index (χ0) is 19.2. The summed E-state index contributed by atoms with van der Waals surface area (Å²) in [7, 11) is 0. The van der Waals surface area contributed by atoms with Crippen molar-refractivity contribution in [2.45, 2.75) is 26.9 Å². The Labute approximate surface area is 158 Å². The van der Waals surface area contributed by atoms with Crippen molar-refractivity contribution in [2.24, 2.45) is 0 Å². The van der Waals surface area contributed by atoms with Crippen LogP contribution in [0.4, 0.5) is 4.39 Å². The van der Waals surface area contributed by atoms with Gasteiger partial charge in [0.2, 0.25) is 5.91 Å². The van der Waals surface area contributed by atoms with Gasteiger partial charge in [0.1, 0.15) is 5.82 Å². The SMILES string of the molecule is Cc1nn(Cc2ccccc2)c(C)c1CNC(=O)/C=C/c1ccc(F)cc1. The van der Waals surface area contributed by atoms with Gasteiger partial charge in [0.15, 0.2) is 0 Å². The normalized spacial score (nSPS) is 11.1. The van der Waals surface area contributed by atoms with E-state index in [0.717, 1.165) is 22.5 Å². The highest BCUT2D eigenvalue weighted by atomic mass is 19.1. The molecule has 1 N–H and O–H groups in total. The van der Waals surface area contributed by atoms with Gasteiger partial charge in [-0.1, -0.05) is 42.5 Å². The third kappa shape index (κ3) is 4.91. The first-order valence-electron chi connectivity index (χ1n) is 8.81. The molecule has 0 aliphatic carbocycles. The molecule has 5 heteroatoms. The maximum Gasteiger partial charge on any atom is 0.244 e. The highest BCUT2D eigenvalue weighted by molar-refractivity contribution is 5.91. The molecule has 3 rings (SSSR count). The highest BCUT2D eigenvalue weighted by Gasteiger charge is 2.12. The molecule has 1 aromatic heterocycles. The van der Waals surface area contributed by atoms with Gasteiger partial charge in [0.05, 0.1) is 12.2 Å². The first-order valence-corrected chi connectivity index (χ1v) is 8.81. The zero-order valence-electron chi connectivity index (χ0n) is 15.4. The fourth-order valence-corrected chi connectivity index (χ4v) is 2.88. The van der Waals surface area contributed by atoms with Gasteiger partial charge in [0, 0.05) is 23.9 Å². The number of aromatic nitrogens is 2. The van der Waals surface area contributed by atoms with Crippen molar-refractivity contribution in [1.29, 1.82) is 0 Å². The maximum absolute atomic E-state index is 12.9. The summed E-state index contributed by atoms with van der Waals surface area (Å²) in [5.41, 5.74) is 4.93. The van der Waals surface area contributed by atoms with Crippen LogP contribution in [-0.4, -0.2) is 15.7 Å². The minimum absolute atomic E-state index is 0.200. The summed E-state index contributed by atoms with van der Waals surface area (Å²) < 4.78 is 14.9. The summed E-state index contributed by atoms with van der Waals surface area (Å²) in [4.78, 5) is 12.1. The predicted octanol–water partition coefficient (Wildman–Crippen LogP) is 4.02. The molecule has 4 nitrogen and oxygen atoms in total. The molecule has 138 valence electrons. The van der Waals surface area contributed by atoms with Gasteiger partial charge in [0.25, 0.3) is 0 Å². The van der Waals surface area contributed by atoms with Crippen molar-refractivity contribution < 1.29 is 9.18 Å². The summed E-state index contributed by atoms with van der Waals surface area (Å²) in [5, 5.41) is 7.48. The molecule has 2 aromatic carbocycles. The van der Waals surface area contributed by atoms with Crippen LogP contribution in [0.5, 0.6) is 0 Å². The molecule has 0 aliphatic heterocycles. The second-order valence-corrected chi connectivity index (χ2v) is 6.40. The van der Waals surface area contributed by atoms with Crippen LogP contribution in [-0.2, 0) is 17.9 Å². The number of aryl methyl sites for hydroxylation is 1. The van der Waals surface area contributed by atoms with Crippen LogP contribution in [0.15, 0.2) is 60.7 Å². The van der Waals surface area contributed by atoms with Gasteiger partial charge in [-0.3, -0.25) is 9.48 Å². The van der Waals surface area contributed by atoms with Crippen molar-refractivity contribution in [3.05, 3.63) is 94.6 Å². The van der Waals surface area contributed by atoms with E-state index in [4.69, 9.17) is 0 Å². The standard InChI is InChI=1S/C22H22FN3O/c1-16-21(17(2)26(25-16)15-19-6-4-3-5-7-19)14-24-22(27)13-10-18-8-11-20(23)12-9-18/h3-13H,14-15H2,1-2H3,(H,24,27)/b13-10+. The Balaban J connectivity index is 1.62. The van der Waals surface area contributed by atoms with Gasteiger partial charge in [-0.15, -0.1) is 0 Å². The second-order valence-electron chi connectivity index (χ2n) is 6.40. The van der Waals surface area contributed by atoms with Crippen LogP contribution in [0.1, 0.15) is 28.1 Å². The first kappa shape index (κ1) is 18.6. The molecule has 0 bridgehead atoms. The Kier molecular flexibility index (Phi) is 5.81. The summed E-state index contributed by atoms with van der Waals surface area (Å²) in [6.07, 6.45) is 3.11. The summed E-state index contributed by atoms with van der Waals surface area (Å²) in [6.45, 7) is 5.08. The van der Waals surface area contributed by atoms with Crippen LogP contribution in [0.2, 0.25) is 0 Å². The fourth-order valence-electron chi connectivity index (χ4n) is 2.88. The molecule has 0 radical (unpaired) electrons. The van der Waals surface area contributed by atoms with E-state index in [1.54, 1.807) is 18.2 Å². The van der Waals surface area contributed by atoms with Crippen LogP contribution >= 0.6 is 0 Å². The molecule has 0 fully saturated rings. The van der Waals surface area contributed by atoms with Gasteiger partial charge in [-0.2, -0.15) is 5.10 Å². The van der Waals surface area contributed by atoms with Crippen LogP contribution in [0.3, 0.4) is 0 Å². The highest BCUT2D eigenvalue weighted by Crippen LogP contribution is 2.14. The summed E-state index contributed by atoms with van der Waals surface area (Å²) >= 11 is 0. The topological polar surface area (TPSA) is 46.9 Å². The Bertz CT molecular complexity index is 944. The third-order valence-electron chi connectivity index (χ3n) is 4.44. The van der Waals surface area contributed by atoms with Gasteiger partial charge >= 0.3 is 0 Å². The fraction of sp³-hybridized carbons (Fsp3) is 0.182. The number of halogens is 1. The van der Waals surface area contributed by atoms with Crippen LogP contribution < -0.4 is 5.32 Å². The molecule has 0 atom stereocenters. The number of hydrogen-bond acceptors (Lipinski definition) is 2. The maximum atomic E-state index is 12.9. The monoisotopic (exact) mass is 363 g/mol. The predicted molar refractivity (Wildman–Crippen MR) is 105 cm³/mol. The minimum Gasteiger partial charge on any atom is -0.348 e. The molecular formula is C22H22FN3O. The van der Waals surface area contributed by atoms with Crippen molar-refractivity contribution >= 4 is 12.0 Å². The number of amides is 1. The molecule has 0 aliphatic rings. The Morgan fingerprint density at radius 2 is 1.81 bits per heavy atom. The van der Waals surface area contributed by atoms with Crippen LogP contribution in [0.25, 0.3) is 6.08 Å². The van der Waals surface area contributed by atoms with Crippen molar-refractivity contribution in [3.8, 4) is 0 Å². The Morgan fingerprint density at radius 1 is 1.11 bits per heavy atom. The van der Waals surface area contributed by atoms with E-state index in [1.165, 1.54) is 23.8 Å². The van der Waals surface area contributed by atoms with E-state index in [-0.39, 0.29) is 11.7 Å². The third-order valence-corrected chi connectivity index (χ3v) is 4.44. The van der Waals surface area contributed by atoms with Crippen molar-refractivity contribution in [1.82, 2.24) is 15.1 Å². The van der Waals surface area contributed by atoms with E-state index < -0.39 is 0 Å². The van der Waals surface area contributed by atoms with E-state index in [2.05, 4.69) is 22.5 Å². The molecule has 0 saturated heterocycles. The zero-order valence-corrected chi connectivity index (χ0v) is 15.4. The number of nitrogens with zero attached hydrogens (tertiary/aromatic N) is 2. The molecule has 1 heterocycles. The lowest BCUT2D eigenvalue weighted by atomic mass is 10.2. The lowest BCUT2D eigenvalue weighted by Gasteiger charge is -2.06. The second kappa shape index (κ2) is 8.45. The molecule has 0 spiro atoms. The summed E-state index contributed by atoms with van der Waals surface area (Å²) in [6, 6.07) is 16.1. The van der Waals surface area contributed by atoms with E-state index in [9.17, 15) is 9.18 Å². The quantitative estimate of drug-likeness (QED) is 0.673. The summed E-state index contributed by atoms with van der Waals surface area (Å²) in [5.74, 6) is -0.496. The van der Waals surface area contributed by atoms with Gasteiger partial charge in [-0.25, -0.2) is 4.39 Å². The average Bonchev–Trinajstić information content (AvgIpc) is 2.93. The van der Waals surface area contributed by atoms with E-state index >= 15 is 0 Å². The number of carbonyl (C=O) groups excluding carboxylic acids is 1. The molecule has 0 saturated carbocycles. The van der Waals surface area contributed by atoms with Crippen LogP contribution in [0, 0.1) is 19.7 Å². The Morgan fingerprint density at radius 3 is 2.52 bits per heavy atom. The van der Waals surface area contributed by atoms with Crippen molar-refractivity contribution in [3.63, 3.8) is 0 Å². The largest absolute Gasteiger partial charge is 0.348 e. The molecule has 0 unspecified atom stereocenters. The van der Waals surface area contributed by atoms with Gasteiger partial charge < -0.3 is 5.32 Å². The molecule has 27 heavy (non-hydrogen) atoms. The number of carbonyl (C=O) groups is 1.